The summed E-state index contributed by atoms with van der Waals surface area (Å²) >= 11 is 0. The predicted octanol–water partition coefficient (Wildman–Crippen LogP) is 1.73. The summed E-state index contributed by atoms with van der Waals surface area (Å²) in [5.74, 6) is 2.36. The number of aliphatic imine (C=N–C) groups is 1. The Morgan fingerprint density at radius 2 is 1.95 bits per heavy atom. The van der Waals surface area contributed by atoms with Gasteiger partial charge in [-0.3, -0.25) is 0 Å². The summed E-state index contributed by atoms with van der Waals surface area (Å²) in [6.07, 6.45) is 5.67. The fraction of sp³-hybridized carbons (Fsp3) is 0.625. The Morgan fingerprint density at radius 3 is 2.81 bits per heavy atom. The van der Waals surface area contributed by atoms with Crippen LogP contribution < -0.4 is 4.90 Å². The number of hydrogen-bond donors (Lipinski definition) is 0. The fourth-order valence-electron chi connectivity index (χ4n) is 3.67. The molecule has 2 fully saturated rings. The van der Waals surface area contributed by atoms with Crippen LogP contribution in [-0.2, 0) is 0 Å². The molecular weight excluding hydrogens is 262 g/mol. The van der Waals surface area contributed by atoms with Gasteiger partial charge in [-0.2, -0.15) is 0 Å². The lowest BCUT2D eigenvalue weighted by atomic mass is 9.98. The van der Waals surface area contributed by atoms with Gasteiger partial charge in [-0.05, 0) is 38.4 Å². The van der Waals surface area contributed by atoms with Gasteiger partial charge in [0.2, 0.25) is 0 Å². The second kappa shape index (κ2) is 5.30. The van der Waals surface area contributed by atoms with Crippen molar-refractivity contribution in [3.8, 4) is 0 Å². The van der Waals surface area contributed by atoms with E-state index in [1.54, 1.807) is 0 Å². The first-order valence-electron chi connectivity index (χ1n) is 8.07. The first-order chi connectivity index (χ1) is 10.3. The normalized spacial score (nSPS) is 26.1. The Morgan fingerprint density at radius 1 is 1.10 bits per heavy atom. The quantitative estimate of drug-likeness (QED) is 0.727. The minimum absolute atomic E-state index is 0.435. The Kier molecular flexibility index (Phi) is 3.30. The van der Waals surface area contributed by atoms with Crippen molar-refractivity contribution in [3.63, 3.8) is 0 Å². The van der Waals surface area contributed by atoms with Crippen molar-refractivity contribution in [3.05, 3.63) is 18.3 Å². The molecule has 21 heavy (non-hydrogen) atoms. The summed E-state index contributed by atoms with van der Waals surface area (Å²) in [6, 6.07) is 4.53. The highest BCUT2D eigenvalue weighted by Crippen LogP contribution is 2.36. The predicted molar refractivity (Wildman–Crippen MR) is 85.4 cm³/mol. The molecule has 0 amide bonds. The fourth-order valence-corrected chi connectivity index (χ4v) is 3.67. The topological polar surface area (TPSA) is 35.0 Å². The average molecular weight is 285 g/mol. The maximum atomic E-state index is 5.00. The molecule has 4 heterocycles. The molecule has 4 rings (SSSR count). The smallest absolute Gasteiger partial charge is 0.155 e. The largest absolute Gasteiger partial charge is 0.356 e. The first kappa shape index (κ1) is 13.1. The maximum Gasteiger partial charge on any atom is 0.155 e. The molecule has 5 heteroatoms. The third kappa shape index (κ3) is 2.29. The Hall–Kier alpha value is -1.62. The van der Waals surface area contributed by atoms with Gasteiger partial charge in [-0.15, -0.1) is 0 Å². The van der Waals surface area contributed by atoms with E-state index in [9.17, 15) is 0 Å². The minimum Gasteiger partial charge on any atom is -0.356 e. The summed E-state index contributed by atoms with van der Waals surface area (Å²) in [7, 11) is 2.20. The van der Waals surface area contributed by atoms with E-state index in [1.165, 1.54) is 25.1 Å². The van der Waals surface area contributed by atoms with Gasteiger partial charge >= 0.3 is 0 Å². The van der Waals surface area contributed by atoms with E-state index in [4.69, 9.17) is 4.99 Å². The van der Waals surface area contributed by atoms with Gasteiger partial charge in [0, 0.05) is 38.9 Å². The molecule has 1 unspecified atom stereocenters. The summed E-state index contributed by atoms with van der Waals surface area (Å²) < 4.78 is 0. The highest BCUT2D eigenvalue weighted by molar-refractivity contribution is 5.96. The van der Waals surface area contributed by atoms with Crippen molar-refractivity contribution in [1.82, 2.24) is 14.8 Å². The lowest BCUT2D eigenvalue weighted by Gasteiger charge is -2.45. The highest BCUT2D eigenvalue weighted by Gasteiger charge is 2.36. The molecule has 2 saturated heterocycles. The van der Waals surface area contributed by atoms with Crippen molar-refractivity contribution in [2.24, 2.45) is 4.99 Å². The van der Waals surface area contributed by atoms with E-state index in [0.29, 0.717) is 6.04 Å². The zero-order valence-electron chi connectivity index (χ0n) is 12.7. The monoisotopic (exact) mass is 285 g/mol. The number of fused-ring (bicyclic) bond motifs is 3. The lowest BCUT2D eigenvalue weighted by Crippen LogP contribution is -2.56. The summed E-state index contributed by atoms with van der Waals surface area (Å²) in [5, 5.41) is 0. The lowest BCUT2D eigenvalue weighted by molar-refractivity contribution is 0.210. The molecule has 112 valence electrons. The molecule has 1 aromatic rings. The minimum atomic E-state index is 0.435. The molecule has 1 aromatic heterocycles. The van der Waals surface area contributed by atoms with E-state index in [-0.39, 0.29) is 0 Å². The zero-order chi connectivity index (χ0) is 14.2. The number of piperidine rings is 1. The van der Waals surface area contributed by atoms with Gasteiger partial charge in [0.25, 0.3) is 0 Å². The first-order valence-corrected chi connectivity index (χ1v) is 8.07. The number of likely N-dealkylation sites (N-methyl/N-ethyl adjacent to an activating group) is 1. The number of hydrogen-bond acceptors (Lipinski definition) is 5. The van der Waals surface area contributed by atoms with Crippen molar-refractivity contribution < 1.29 is 0 Å². The zero-order valence-corrected chi connectivity index (χ0v) is 12.7. The molecular formula is C16H23N5. The van der Waals surface area contributed by atoms with E-state index in [0.717, 1.165) is 44.2 Å². The second-order valence-electron chi connectivity index (χ2n) is 6.31. The number of anilines is 1. The molecule has 3 aliphatic heterocycles. The third-order valence-corrected chi connectivity index (χ3v) is 4.90. The molecule has 0 radical (unpaired) electrons. The molecule has 0 spiro atoms. The number of amidine groups is 1. The van der Waals surface area contributed by atoms with Crippen LogP contribution in [0, 0.1) is 0 Å². The maximum absolute atomic E-state index is 5.00. The average Bonchev–Trinajstić information content (AvgIpc) is 2.55. The standard InChI is InChI=1S/C16H23N5/c1-19-9-11-20(12-10-19)16-14-6-2-3-8-21(14)15-13(18-16)5-4-7-17-15/h4-5,7,14H,2-3,6,8-12H2,1H3. The molecule has 0 saturated carbocycles. The van der Waals surface area contributed by atoms with Crippen LogP contribution in [0.5, 0.6) is 0 Å². The van der Waals surface area contributed by atoms with Crippen LogP contribution in [0.25, 0.3) is 0 Å². The van der Waals surface area contributed by atoms with Crippen LogP contribution in [0.1, 0.15) is 19.3 Å². The number of nitrogens with zero attached hydrogens (tertiary/aromatic N) is 5. The molecule has 5 nitrogen and oxygen atoms in total. The van der Waals surface area contributed by atoms with Crippen molar-refractivity contribution >= 4 is 17.3 Å². The number of aromatic nitrogens is 1. The van der Waals surface area contributed by atoms with Crippen LogP contribution in [-0.4, -0.2) is 66.4 Å². The van der Waals surface area contributed by atoms with E-state index >= 15 is 0 Å². The van der Waals surface area contributed by atoms with Crippen molar-refractivity contribution in [2.75, 3.05) is 44.7 Å². The van der Waals surface area contributed by atoms with Gasteiger partial charge in [-0.1, -0.05) is 0 Å². The highest BCUT2D eigenvalue weighted by atomic mass is 15.3. The number of pyridine rings is 1. The molecule has 0 bridgehead atoms. The molecule has 3 aliphatic rings. The van der Waals surface area contributed by atoms with Crippen molar-refractivity contribution in [2.45, 2.75) is 25.3 Å². The summed E-state index contributed by atoms with van der Waals surface area (Å²) in [6.45, 7) is 5.56. The van der Waals surface area contributed by atoms with Crippen LogP contribution in [0.4, 0.5) is 11.5 Å². The van der Waals surface area contributed by atoms with E-state index < -0.39 is 0 Å². The van der Waals surface area contributed by atoms with Gasteiger partial charge in [0.15, 0.2) is 5.82 Å². The van der Waals surface area contributed by atoms with Gasteiger partial charge < -0.3 is 14.7 Å². The van der Waals surface area contributed by atoms with Crippen LogP contribution >= 0.6 is 0 Å². The molecule has 0 aliphatic carbocycles. The summed E-state index contributed by atoms with van der Waals surface area (Å²) in [4.78, 5) is 17.0. The Balaban J connectivity index is 1.70. The van der Waals surface area contributed by atoms with Crippen LogP contribution in [0.2, 0.25) is 0 Å². The van der Waals surface area contributed by atoms with E-state index in [1.807, 2.05) is 12.3 Å². The third-order valence-electron chi connectivity index (χ3n) is 4.90. The Labute approximate surface area is 126 Å². The molecule has 0 N–H and O–H groups in total. The van der Waals surface area contributed by atoms with Gasteiger partial charge in [0.05, 0.1) is 6.04 Å². The van der Waals surface area contributed by atoms with Crippen LogP contribution in [0.15, 0.2) is 23.3 Å². The molecule has 1 atom stereocenters. The van der Waals surface area contributed by atoms with E-state index in [2.05, 4.69) is 32.8 Å². The number of rotatable bonds is 0. The Bertz CT molecular complexity index is 547. The van der Waals surface area contributed by atoms with Crippen LogP contribution in [0.3, 0.4) is 0 Å². The SMILES string of the molecule is CN1CCN(C2=Nc3cccnc3N3CCCCC23)CC1. The summed E-state index contributed by atoms with van der Waals surface area (Å²) in [5.41, 5.74) is 1.05. The molecule has 0 aromatic carbocycles. The van der Waals surface area contributed by atoms with Gasteiger partial charge in [0.1, 0.15) is 11.5 Å². The second-order valence-corrected chi connectivity index (χ2v) is 6.31. The number of piperazine rings is 1. The van der Waals surface area contributed by atoms with Gasteiger partial charge in [-0.25, -0.2) is 9.98 Å². The van der Waals surface area contributed by atoms with Crippen molar-refractivity contribution in [1.29, 1.82) is 0 Å².